The molecule has 8 aromatic heterocycles. The number of oxazole rings is 2. The third-order valence-corrected chi connectivity index (χ3v) is 19.6. The van der Waals surface area contributed by atoms with E-state index in [1.807, 2.05) is 441 Å². The second kappa shape index (κ2) is 86.0. The summed E-state index contributed by atoms with van der Waals surface area (Å²) in [7, 11) is 0. The molecule has 12 aromatic carbocycles. The minimum Gasteiger partial charge on any atom is -0.493 e. The maximum Gasteiger partial charge on any atom is 0.417 e. The molecule has 26 rings (SSSR count). The predicted octanol–water partition coefficient (Wildman–Crippen LogP) is 37.3. The second-order valence-corrected chi connectivity index (χ2v) is 27.8. The number of para-hydroxylation sites is 14. The van der Waals surface area contributed by atoms with Crippen LogP contribution in [0.3, 0.4) is 0 Å². The van der Waals surface area contributed by atoms with Gasteiger partial charge < -0.3 is 46.9 Å². The number of hydrogen-bond acceptors (Lipinski definition) is 19. The first-order valence-electron chi connectivity index (χ1n) is 52.3. The SMILES string of the molecule is C1=CC2=C(CC1)OCO2.CC.CC.CC.CC.CC.CC.CC.CC.CC.CC.CC.CC.CC.O=c1[nH]c2ccccc2o1.O=c1ccc2ccccc2o1.c1ccc2[nH]cnc2c1.c1ccc2[nH]ncc2c1.c1ccc2c(c1)CCC2.c1ccc2c(c1)CCO2.c1ccc2c(c1)CN=N2.c1ccc2c(c1)NCO2.c1ccc2ncccc2c1.c1ccc2occc2c1.c1ccc2ocnc2c1.c1ccc2scnc2c1. The van der Waals surface area contributed by atoms with Crippen molar-refractivity contribution in [3.63, 3.8) is 0 Å². The number of aromatic nitrogens is 8. The molecule has 0 unspecified atom stereocenters. The van der Waals surface area contributed by atoms with Crippen molar-refractivity contribution in [2.45, 2.75) is 225 Å². The summed E-state index contributed by atoms with van der Waals surface area (Å²) < 4.78 is 41.8. The number of nitrogens with zero attached hydrogens (tertiary/aromatic N) is 7. The molecule has 0 atom stereocenters. The average Bonchev–Trinajstić information content (AvgIpc) is 1.77. The number of azo groups is 1. The fourth-order valence-corrected chi connectivity index (χ4v) is 13.4. The number of nitrogens with one attached hydrogen (secondary N) is 4. The number of aryl methyl sites for hydroxylation is 2. The van der Waals surface area contributed by atoms with E-state index in [2.05, 4.69) is 116 Å². The van der Waals surface area contributed by atoms with Crippen LogP contribution in [0.2, 0.25) is 0 Å². The first-order valence-corrected chi connectivity index (χ1v) is 53.2. The molecule has 784 valence electrons. The van der Waals surface area contributed by atoms with Gasteiger partial charge in [-0.15, -0.1) is 11.3 Å². The van der Waals surface area contributed by atoms with Crippen LogP contribution in [0.15, 0.2) is 420 Å². The fraction of sp³-hybridized carbons (Fsp3) is 0.288. The molecule has 0 saturated heterocycles. The lowest BCUT2D eigenvalue weighted by Crippen LogP contribution is -1.96. The lowest BCUT2D eigenvalue weighted by atomic mass is 10.1. The smallest absolute Gasteiger partial charge is 0.417 e. The Kier molecular flexibility index (Phi) is 75.7. The fourth-order valence-electron chi connectivity index (χ4n) is 12.8. The Bertz CT molecular complexity index is 5990. The first-order chi connectivity index (χ1) is 72.8. The molecule has 21 nitrogen and oxygen atoms in total. The van der Waals surface area contributed by atoms with Crippen molar-refractivity contribution in [2.75, 3.05) is 25.4 Å². The van der Waals surface area contributed by atoms with Crippen molar-refractivity contribution in [3.05, 3.63) is 425 Å². The number of H-pyrrole nitrogens is 3. The minimum absolute atomic E-state index is 0.302. The van der Waals surface area contributed by atoms with Gasteiger partial charge in [0, 0.05) is 52.2 Å². The minimum atomic E-state index is -0.402. The molecular weight excluding hydrogens is 1850 g/mol. The van der Waals surface area contributed by atoms with Gasteiger partial charge in [0.2, 0.25) is 6.79 Å². The third kappa shape index (κ3) is 48.1. The highest BCUT2D eigenvalue weighted by molar-refractivity contribution is 7.16. The Hall–Kier alpha value is -15.6. The molecule has 22 heteroatoms. The van der Waals surface area contributed by atoms with E-state index < -0.39 is 5.76 Å². The van der Waals surface area contributed by atoms with Gasteiger partial charge in [-0.1, -0.05) is 386 Å². The van der Waals surface area contributed by atoms with Crippen LogP contribution in [0.4, 0.5) is 11.4 Å². The summed E-state index contributed by atoms with van der Waals surface area (Å²) in [5.74, 6) is 3.58. The van der Waals surface area contributed by atoms with Crippen molar-refractivity contribution in [3.8, 4) is 11.5 Å². The highest BCUT2D eigenvalue weighted by Gasteiger charge is 2.17. The van der Waals surface area contributed by atoms with Gasteiger partial charge in [-0.3, -0.25) is 15.1 Å². The summed E-state index contributed by atoms with van der Waals surface area (Å²) in [6.45, 7) is 54.6. The summed E-state index contributed by atoms with van der Waals surface area (Å²) >= 11 is 1.68. The van der Waals surface area contributed by atoms with Gasteiger partial charge >= 0.3 is 11.4 Å². The number of ether oxygens (including phenoxy) is 4. The van der Waals surface area contributed by atoms with E-state index >= 15 is 0 Å². The Balaban J connectivity index is 0.000000781. The van der Waals surface area contributed by atoms with Crippen molar-refractivity contribution >= 4 is 110 Å². The lowest BCUT2D eigenvalue weighted by Gasteiger charge is -2.01. The van der Waals surface area contributed by atoms with Gasteiger partial charge in [0.1, 0.15) is 33.9 Å². The zero-order chi connectivity index (χ0) is 109. The van der Waals surface area contributed by atoms with Gasteiger partial charge in [0.15, 0.2) is 30.0 Å². The van der Waals surface area contributed by atoms with E-state index in [1.54, 1.807) is 59.3 Å². The second-order valence-electron chi connectivity index (χ2n) is 26.9. The number of anilines is 1. The Morgan fingerprint density at radius 3 is 1.49 bits per heavy atom. The van der Waals surface area contributed by atoms with Crippen molar-refractivity contribution in [2.24, 2.45) is 10.2 Å². The summed E-state index contributed by atoms with van der Waals surface area (Å²) in [4.78, 5) is 43.2. The van der Waals surface area contributed by atoms with Gasteiger partial charge in [-0.25, -0.2) is 24.5 Å². The van der Waals surface area contributed by atoms with Crippen LogP contribution < -0.4 is 26.2 Å². The summed E-state index contributed by atoms with van der Waals surface area (Å²) in [6.07, 6.45) is 19.7. The Morgan fingerprint density at radius 1 is 0.361 bits per heavy atom. The number of hydrogen-bond donors (Lipinski definition) is 4. The van der Waals surface area contributed by atoms with E-state index in [4.69, 9.17) is 36.6 Å². The molecule has 6 aliphatic rings. The molecule has 0 amide bonds. The first kappa shape index (κ1) is 129. The zero-order valence-electron chi connectivity index (χ0n) is 91.9. The maximum absolute atomic E-state index is 10.7. The molecule has 0 fully saturated rings. The molecule has 4 aliphatic heterocycles. The molecule has 0 bridgehead atoms. The third-order valence-electron chi connectivity index (χ3n) is 18.8. The molecular formula is C125H163N11O10S. The highest BCUT2D eigenvalue weighted by atomic mass is 32.1. The standard InChI is InChI=1S/C9H7N.C9H6O2.C9H10.C8H8O.C8H6O.3C7H6N2.C7H5NO2.C7H7NO.C7H5NO.C7H5NS.C7H8O2.13C2H6/c1-2-6-9-8(4-1)5-3-7-10-9;10-9-6-5-7-3-1-2-4-8(7)11-9;1-2-5-9-7-3-6-8(9)4-1;2*1-2-4-8-7(3-1)5-6-9-8;1-2-4-7-6(3-1)8-5-9-7;2*1-2-4-7-6(3-1)5-8-9-7;9-7-8-5-3-1-2-4-6(5)10-7;4*1-2-4-7-6(3-1)8-5-9-7;13*1-2/h1-7H;1-6H;1-2,4-5H,3,6-7H2;1-4H,5-6H2;1-6H;1-5H,(H,8,9);1-4H,5H2;1-5H,(H,8,9);1-4H,(H,8,9);1-4,8H,5H2;2*1-5H;1,3H,2,4-5H2;13*1-2H3. The van der Waals surface area contributed by atoms with E-state index in [0.717, 1.165) is 133 Å². The normalized spacial score (nSPS) is 10.8. The van der Waals surface area contributed by atoms with Gasteiger partial charge in [-0.2, -0.15) is 15.3 Å². The van der Waals surface area contributed by atoms with Crippen molar-refractivity contribution in [1.29, 1.82) is 0 Å². The molecule has 4 N–H and O–H groups in total. The molecule has 20 aromatic rings. The van der Waals surface area contributed by atoms with E-state index in [1.165, 1.54) is 52.9 Å². The molecule has 12 heterocycles. The number of pyridine rings is 1. The number of fused-ring (bicyclic) bond motifs is 12. The Labute approximate surface area is 878 Å². The van der Waals surface area contributed by atoms with E-state index in [0.29, 0.717) is 24.7 Å². The van der Waals surface area contributed by atoms with Crippen LogP contribution in [0, 0.1) is 0 Å². The van der Waals surface area contributed by atoms with E-state index in [9.17, 15) is 9.59 Å². The molecule has 147 heavy (non-hydrogen) atoms. The number of furan rings is 1. The van der Waals surface area contributed by atoms with Crippen molar-refractivity contribution in [1.82, 2.24) is 40.1 Å². The van der Waals surface area contributed by atoms with Gasteiger partial charge in [0.25, 0.3) is 0 Å². The van der Waals surface area contributed by atoms with E-state index in [-0.39, 0.29) is 5.63 Å². The highest BCUT2D eigenvalue weighted by Crippen LogP contribution is 2.30. The topological polar surface area (TPSA) is 272 Å². The van der Waals surface area contributed by atoms with Crippen LogP contribution in [-0.2, 0) is 35.3 Å². The monoisotopic (exact) mass is 2010 g/mol. The zero-order valence-corrected chi connectivity index (χ0v) is 92.7. The van der Waals surface area contributed by atoms with Crippen LogP contribution >= 0.6 is 11.3 Å². The number of thiazole rings is 1. The average molecular weight is 2010 g/mol. The quantitative estimate of drug-likeness (QED) is 0.103. The number of allylic oxidation sites excluding steroid dienone is 3. The van der Waals surface area contributed by atoms with Crippen molar-refractivity contribution < 1.29 is 36.6 Å². The largest absolute Gasteiger partial charge is 0.493 e. The molecule has 0 spiro atoms. The Morgan fingerprint density at radius 2 is 0.884 bits per heavy atom. The van der Waals surface area contributed by atoms with Gasteiger partial charge in [0.05, 0.1) is 86.6 Å². The maximum atomic E-state index is 10.7. The lowest BCUT2D eigenvalue weighted by molar-refractivity contribution is 0.0729. The molecule has 2 aliphatic carbocycles. The van der Waals surface area contributed by atoms with Crippen LogP contribution in [0.25, 0.3) is 87.2 Å². The molecule has 0 radical (unpaired) electrons. The summed E-state index contributed by atoms with van der Waals surface area (Å²) in [5.41, 5.74) is 19.5. The predicted molar refractivity (Wildman–Crippen MR) is 627 cm³/mol. The van der Waals surface area contributed by atoms with Crippen LogP contribution in [0.1, 0.15) is 222 Å². The number of imidazole rings is 1. The van der Waals surface area contributed by atoms with Gasteiger partial charge in [-0.05, 0) is 164 Å². The van der Waals surface area contributed by atoms with Crippen LogP contribution in [-0.4, -0.2) is 60.2 Å². The van der Waals surface area contributed by atoms with Crippen LogP contribution in [0.5, 0.6) is 11.5 Å². The number of aromatic amines is 3. The molecule has 0 saturated carbocycles. The number of rotatable bonds is 0. The summed E-state index contributed by atoms with van der Waals surface area (Å²) in [6, 6.07) is 104. The summed E-state index contributed by atoms with van der Waals surface area (Å²) in [5, 5.41) is 22.1. The number of benzene rings is 12.